The first-order chi connectivity index (χ1) is 11.8. The van der Waals surface area contributed by atoms with E-state index in [2.05, 4.69) is 9.72 Å². The van der Waals surface area contributed by atoms with Crippen molar-refractivity contribution in [1.29, 1.82) is 0 Å². The highest BCUT2D eigenvalue weighted by atomic mass is 32.2. The van der Waals surface area contributed by atoms with E-state index >= 15 is 0 Å². The molecule has 1 heterocycles. The number of carbonyl (C=O) groups excluding carboxylic acids is 1. The Hall–Kier alpha value is -2.55. The van der Waals surface area contributed by atoms with Gasteiger partial charge in [0.05, 0.1) is 11.3 Å². The van der Waals surface area contributed by atoms with Crippen molar-refractivity contribution >= 4 is 23.5 Å². The molecule has 0 aliphatic heterocycles. The van der Waals surface area contributed by atoms with Gasteiger partial charge in [0.1, 0.15) is 16.6 Å². The van der Waals surface area contributed by atoms with Gasteiger partial charge in [-0.05, 0) is 18.2 Å². The maximum atomic E-state index is 12.4. The van der Waals surface area contributed by atoms with Gasteiger partial charge in [0.25, 0.3) is 0 Å². The lowest BCUT2D eigenvalue weighted by atomic mass is 10.1. The molecule has 0 bridgehead atoms. The van der Waals surface area contributed by atoms with Gasteiger partial charge in [-0.2, -0.15) is 0 Å². The molecule has 25 heavy (non-hydrogen) atoms. The Kier molecular flexibility index (Phi) is 6.02. The molecule has 0 unspecified atom stereocenters. The van der Waals surface area contributed by atoms with Crippen LogP contribution in [0, 0.1) is 0 Å². The predicted octanol–water partition coefficient (Wildman–Crippen LogP) is 3.58. The van der Waals surface area contributed by atoms with Crippen LogP contribution in [0.15, 0.2) is 47.6 Å². The second-order valence-electron chi connectivity index (χ2n) is 4.82. The van der Waals surface area contributed by atoms with Crippen LogP contribution in [0.1, 0.15) is 15.9 Å². The summed E-state index contributed by atoms with van der Waals surface area (Å²) in [7, 11) is 0. The van der Waals surface area contributed by atoms with Crippen LogP contribution in [0.2, 0.25) is 0 Å². The molecule has 0 fully saturated rings. The van der Waals surface area contributed by atoms with Gasteiger partial charge < -0.3 is 9.84 Å². The first-order valence-electron chi connectivity index (χ1n) is 6.93. The number of pyridine rings is 1. The van der Waals surface area contributed by atoms with Gasteiger partial charge in [0, 0.05) is 18.2 Å². The lowest BCUT2D eigenvalue weighted by Crippen LogP contribution is -2.19. The van der Waals surface area contributed by atoms with E-state index in [1.807, 2.05) is 0 Å². The highest BCUT2D eigenvalue weighted by Gasteiger charge is 2.32. The zero-order valence-electron chi connectivity index (χ0n) is 12.6. The molecule has 0 saturated heterocycles. The summed E-state index contributed by atoms with van der Waals surface area (Å²) >= 11 is 0.917. The minimum atomic E-state index is -4.85. The molecule has 2 aromatic rings. The number of carboxylic acids is 1. The Morgan fingerprint density at radius 1 is 1.16 bits per heavy atom. The molecule has 132 valence electrons. The van der Waals surface area contributed by atoms with Crippen molar-refractivity contribution in [3.05, 3.63) is 53.7 Å². The quantitative estimate of drug-likeness (QED) is 0.750. The molecule has 1 N–H and O–H groups in total. The molecule has 0 spiro atoms. The second-order valence-corrected chi connectivity index (χ2v) is 5.78. The Labute approximate surface area is 144 Å². The Morgan fingerprint density at radius 2 is 1.88 bits per heavy atom. The van der Waals surface area contributed by atoms with E-state index in [0.717, 1.165) is 17.8 Å². The maximum absolute atomic E-state index is 12.4. The lowest BCUT2D eigenvalue weighted by molar-refractivity contribution is -0.274. The number of rotatable bonds is 7. The van der Waals surface area contributed by atoms with E-state index in [4.69, 9.17) is 5.11 Å². The number of thioether (sulfide) groups is 1. The monoisotopic (exact) mass is 371 g/mol. The van der Waals surface area contributed by atoms with Crippen molar-refractivity contribution in [3.63, 3.8) is 0 Å². The number of para-hydroxylation sites is 1. The summed E-state index contributed by atoms with van der Waals surface area (Å²) in [5, 5.41) is 9.22. The van der Waals surface area contributed by atoms with E-state index < -0.39 is 18.1 Å². The number of aromatic nitrogens is 1. The molecular formula is C16H12F3NO4S. The number of hydrogen-bond acceptors (Lipinski definition) is 5. The molecule has 5 nitrogen and oxygen atoms in total. The summed E-state index contributed by atoms with van der Waals surface area (Å²) in [6, 6.07) is 8.18. The SMILES string of the molecule is O=C(CSc1ncccc1C(=O)O)Cc1ccccc1OC(F)(F)F. The number of nitrogens with zero attached hydrogens (tertiary/aromatic N) is 1. The van der Waals surface area contributed by atoms with Gasteiger partial charge in [0.2, 0.25) is 0 Å². The zero-order valence-corrected chi connectivity index (χ0v) is 13.4. The van der Waals surface area contributed by atoms with Crippen LogP contribution in [-0.2, 0) is 11.2 Å². The summed E-state index contributed by atoms with van der Waals surface area (Å²) in [6.07, 6.45) is -3.72. The summed E-state index contributed by atoms with van der Waals surface area (Å²) in [5.41, 5.74) is 0.0611. The summed E-state index contributed by atoms with van der Waals surface area (Å²) < 4.78 is 41.0. The highest BCUT2D eigenvalue weighted by Crippen LogP contribution is 2.27. The second kappa shape index (κ2) is 8.02. The third kappa shape index (κ3) is 5.79. The van der Waals surface area contributed by atoms with Crippen molar-refractivity contribution in [2.75, 3.05) is 5.75 Å². The molecule has 0 amide bonds. The molecule has 1 aromatic carbocycles. The molecule has 0 saturated carbocycles. The predicted molar refractivity (Wildman–Crippen MR) is 83.8 cm³/mol. The Balaban J connectivity index is 2.03. The van der Waals surface area contributed by atoms with E-state index in [9.17, 15) is 22.8 Å². The number of alkyl halides is 3. The number of hydrogen-bond donors (Lipinski definition) is 1. The average Bonchev–Trinajstić information content (AvgIpc) is 2.53. The number of ether oxygens (including phenoxy) is 1. The van der Waals surface area contributed by atoms with E-state index in [1.54, 1.807) is 0 Å². The molecule has 0 aliphatic carbocycles. The number of carbonyl (C=O) groups is 2. The fourth-order valence-corrected chi connectivity index (χ4v) is 2.80. The smallest absolute Gasteiger partial charge is 0.478 e. The number of ketones is 1. The topological polar surface area (TPSA) is 76.5 Å². The van der Waals surface area contributed by atoms with Gasteiger partial charge in [0.15, 0.2) is 0 Å². The Bertz CT molecular complexity index is 780. The van der Waals surface area contributed by atoms with Crippen molar-refractivity contribution in [2.24, 2.45) is 0 Å². The molecule has 0 radical (unpaired) electrons. The lowest BCUT2D eigenvalue weighted by Gasteiger charge is -2.12. The summed E-state index contributed by atoms with van der Waals surface area (Å²) in [4.78, 5) is 27.0. The van der Waals surface area contributed by atoms with Crippen LogP contribution in [-0.4, -0.2) is 34.0 Å². The highest BCUT2D eigenvalue weighted by molar-refractivity contribution is 8.00. The third-order valence-corrected chi connectivity index (χ3v) is 4.02. The molecular weight excluding hydrogens is 359 g/mol. The molecule has 2 rings (SSSR count). The Morgan fingerprint density at radius 3 is 2.56 bits per heavy atom. The number of benzene rings is 1. The zero-order chi connectivity index (χ0) is 18.4. The van der Waals surface area contributed by atoms with Crippen molar-refractivity contribution in [2.45, 2.75) is 17.8 Å². The molecule has 1 aromatic heterocycles. The van der Waals surface area contributed by atoms with Crippen LogP contribution < -0.4 is 4.74 Å². The fraction of sp³-hybridized carbons (Fsp3) is 0.188. The third-order valence-electron chi connectivity index (χ3n) is 2.96. The number of halogens is 3. The molecule has 0 atom stereocenters. The summed E-state index contributed by atoms with van der Waals surface area (Å²) in [5.74, 6) is -2.12. The van der Waals surface area contributed by atoms with E-state index in [1.165, 1.54) is 36.5 Å². The van der Waals surface area contributed by atoms with Gasteiger partial charge in [-0.25, -0.2) is 9.78 Å². The first kappa shape index (κ1) is 18.8. The van der Waals surface area contributed by atoms with Gasteiger partial charge >= 0.3 is 12.3 Å². The van der Waals surface area contributed by atoms with Crippen LogP contribution in [0.5, 0.6) is 5.75 Å². The van der Waals surface area contributed by atoms with Crippen molar-refractivity contribution in [3.8, 4) is 5.75 Å². The number of carboxylic acid groups (broad SMARTS) is 1. The van der Waals surface area contributed by atoms with Gasteiger partial charge in [-0.15, -0.1) is 13.2 Å². The van der Waals surface area contributed by atoms with Crippen LogP contribution in [0.3, 0.4) is 0 Å². The van der Waals surface area contributed by atoms with Gasteiger partial charge in [-0.1, -0.05) is 30.0 Å². The molecule has 9 heteroatoms. The van der Waals surface area contributed by atoms with Crippen molar-refractivity contribution < 1.29 is 32.6 Å². The van der Waals surface area contributed by atoms with Crippen molar-refractivity contribution in [1.82, 2.24) is 4.98 Å². The molecule has 0 aliphatic rings. The van der Waals surface area contributed by atoms with Crippen LogP contribution in [0.25, 0.3) is 0 Å². The van der Waals surface area contributed by atoms with Gasteiger partial charge in [-0.3, -0.25) is 4.79 Å². The maximum Gasteiger partial charge on any atom is 0.573 e. The van der Waals surface area contributed by atoms with Crippen LogP contribution >= 0.6 is 11.8 Å². The van der Waals surface area contributed by atoms with E-state index in [-0.39, 0.29) is 34.1 Å². The normalized spacial score (nSPS) is 11.2. The standard InChI is InChI=1S/C16H12F3NO4S/c17-16(18,19)24-13-6-2-1-4-10(13)8-11(21)9-25-14-12(15(22)23)5-3-7-20-14/h1-7H,8-9H2,(H,22,23). The number of Topliss-reactive ketones (excluding diaryl/α,β-unsaturated/α-hetero) is 1. The van der Waals surface area contributed by atoms with E-state index in [0.29, 0.717) is 0 Å². The largest absolute Gasteiger partial charge is 0.573 e. The van der Waals surface area contributed by atoms with Crippen LogP contribution in [0.4, 0.5) is 13.2 Å². The summed E-state index contributed by atoms with van der Waals surface area (Å²) in [6.45, 7) is 0. The fourth-order valence-electron chi connectivity index (χ4n) is 1.96. The first-order valence-corrected chi connectivity index (χ1v) is 7.91. The number of aromatic carboxylic acids is 1. The minimum Gasteiger partial charge on any atom is -0.478 e. The average molecular weight is 371 g/mol. The minimum absolute atomic E-state index is 0.0406.